The van der Waals surface area contributed by atoms with Gasteiger partial charge in [0.25, 0.3) is 17.7 Å². The first-order chi connectivity index (χ1) is 13.6. The van der Waals surface area contributed by atoms with Crippen molar-refractivity contribution in [2.24, 2.45) is 0 Å². The highest BCUT2D eigenvalue weighted by Gasteiger charge is 2.40. The number of carbonyl (C=O) groups excluding carboxylic acids is 3. The van der Waals surface area contributed by atoms with Crippen LogP contribution in [0.15, 0.2) is 42.7 Å². The number of benzene rings is 1. The molecular formula is C22H23N3O3. The molecule has 3 amide bonds. The fraction of sp³-hybridized carbons (Fsp3) is 0.364. The third-order valence-corrected chi connectivity index (χ3v) is 5.67. The molecule has 28 heavy (non-hydrogen) atoms. The lowest BCUT2D eigenvalue weighted by molar-refractivity contribution is 0.0548. The number of hydrogen-bond acceptors (Lipinski definition) is 4. The van der Waals surface area contributed by atoms with Crippen LogP contribution in [0, 0.1) is 0 Å². The van der Waals surface area contributed by atoms with E-state index in [0.29, 0.717) is 16.7 Å². The molecule has 1 aliphatic carbocycles. The third kappa shape index (κ3) is 3.30. The predicted molar refractivity (Wildman–Crippen MR) is 104 cm³/mol. The molecule has 1 atom stereocenters. The first kappa shape index (κ1) is 18.3. The van der Waals surface area contributed by atoms with Crippen LogP contribution in [0.25, 0.3) is 0 Å². The molecule has 2 aliphatic rings. The molecule has 2 heterocycles. The summed E-state index contributed by atoms with van der Waals surface area (Å²) in [4.78, 5) is 43.7. The summed E-state index contributed by atoms with van der Waals surface area (Å²) in [5, 5.41) is 2.93. The molecular weight excluding hydrogens is 354 g/mol. The van der Waals surface area contributed by atoms with Gasteiger partial charge in [0.2, 0.25) is 0 Å². The minimum atomic E-state index is -0.275. The highest BCUT2D eigenvalue weighted by atomic mass is 16.2. The van der Waals surface area contributed by atoms with Crippen LogP contribution >= 0.6 is 0 Å². The van der Waals surface area contributed by atoms with Crippen molar-refractivity contribution in [3.8, 4) is 0 Å². The highest BCUT2D eigenvalue weighted by Crippen LogP contribution is 2.31. The molecule has 144 valence electrons. The molecule has 1 fully saturated rings. The Morgan fingerprint density at radius 1 is 1.04 bits per heavy atom. The Hall–Kier alpha value is -3.02. The maximum absolute atomic E-state index is 12.9. The second-order valence-electron chi connectivity index (χ2n) is 7.51. The van der Waals surface area contributed by atoms with Crippen LogP contribution in [0.1, 0.15) is 81.7 Å². The molecule has 0 radical (unpaired) electrons. The maximum atomic E-state index is 12.9. The van der Waals surface area contributed by atoms with Crippen molar-refractivity contribution in [2.75, 3.05) is 0 Å². The molecule has 6 nitrogen and oxygen atoms in total. The Balaban J connectivity index is 1.53. The zero-order chi connectivity index (χ0) is 19.7. The van der Waals surface area contributed by atoms with Crippen LogP contribution < -0.4 is 5.32 Å². The molecule has 1 N–H and O–H groups in total. The van der Waals surface area contributed by atoms with Crippen LogP contribution in [-0.4, -0.2) is 33.6 Å². The lowest BCUT2D eigenvalue weighted by Crippen LogP contribution is -2.40. The highest BCUT2D eigenvalue weighted by molar-refractivity contribution is 6.22. The summed E-state index contributed by atoms with van der Waals surface area (Å²) >= 11 is 0. The molecule has 0 spiro atoms. The number of fused-ring (bicyclic) bond motifs is 1. The summed E-state index contributed by atoms with van der Waals surface area (Å²) in [6.07, 6.45) is 8.32. The predicted octanol–water partition coefficient (Wildman–Crippen LogP) is 3.50. The smallest absolute Gasteiger partial charge is 0.261 e. The van der Waals surface area contributed by atoms with Crippen LogP contribution in [-0.2, 0) is 0 Å². The van der Waals surface area contributed by atoms with E-state index in [1.807, 2.05) is 19.1 Å². The average molecular weight is 377 g/mol. The van der Waals surface area contributed by atoms with E-state index in [0.717, 1.165) is 37.7 Å². The van der Waals surface area contributed by atoms with Gasteiger partial charge in [-0.3, -0.25) is 24.3 Å². The topological polar surface area (TPSA) is 79.4 Å². The molecule has 4 rings (SSSR count). The van der Waals surface area contributed by atoms with Gasteiger partial charge in [-0.1, -0.05) is 19.3 Å². The molecule has 1 aromatic heterocycles. The van der Waals surface area contributed by atoms with Crippen molar-refractivity contribution in [2.45, 2.75) is 51.1 Å². The maximum Gasteiger partial charge on any atom is 0.261 e. The van der Waals surface area contributed by atoms with Crippen LogP contribution in [0.2, 0.25) is 0 Å². The largest absolute Gasteiger partial charge is 0.346 e. The Morgan fingerprint density at radius 3 is 2.43 bits per heavy atom. The van der Waals surface area contributed by atoms with Gasteiger partial charge < -0.3 is 5.32 Å². The quantitative estimate of drug-likeness (QED) is 0.827. The van der Waals surface area contributed by atoms with E-state index in [1.165, 1.54) is 4.90 Å². The summed E-state index contributed by atoms with van der Waals surface area (Å²) < 4.78 is 0. The minimum absolute atomic E-state index is 0.0230. The molecule has 1 aromatic carbocycles. The van der Waals surface area contributed by atoms with E-state index in [-0.39, 0.29) is 29.8 Å². The van der Waals surface area contributed by atoms with Crippen LogP contribution in [0.4, 0.5) is 0 Å². The van der Waals surface area contributed by atoms with E-state index >= 15 is 0 Å². The average Bonchev–Trinajstić information content (AvgIpc) is 2.99. The monoisotopic (exact) mass is 377 g/mol. The molecule has 1 aliphatic heterocycles. The number of hydrogen-bond donors (Lipinski definition) is 1. The minimum Gasteiger partial charge on any atom is -0.346 e. The molecule has 1 unspecified atom stereocenters. The summed E-state index contributed by atoms with van der Waals surface area (Å²) in [5.41, 5.74) is 2.06. The van der Waals surface area contributed by atoms with Gasteiger partial charge in [0.1, 0.15) is 0 Å². The number of imide groups is 1. The molecule has 1 saturated carbocycles. The Labute approximate surface area is 164 Å². The molecule has 2 aromatic rings. The van der Waals surface area contributed by atoms with Gasteiger partial charge >= 0.3 is 0 Å². The SMILES string of the molecule is CC(NC(=O)c1ccc2c(c1)C(=O)N(C1CCCCC1)C2=O)c1ccncc1. The van der Waals surface area contributed by atoms with Gasteiger partial charge in [0, 0.05) is 24.0 Å². The van der Waals surface area contributed by atoms with Crippen molar-refractivity contribution in [3.05, 3.63) is 65.0 Å². The number of pyridine rings is 1. The van der Waals surface area contributed by atoms with Gasteiger partial charge in [-0.15, -0.1) is 0 Å². The summed E-state index contributed by atoms with van der Waals surface area (Å²) in [6.45, 7) is 1.89. The number of rotatable bonds is 4. The fourth-order valence-electron chi connectivity index (χ4n) is 4.09. The first-order valence-corrected chi connectivity index (χ1v) is 9.79. The summed E-state index contributed by atoms with van der Waals surface area (Å²) in [5.74, 6) is -0.781. The van der Waals surface area contributed by atoms with E-state index in [4.69, 9.17) is 0 Å². The van der Waals surface area contributed by atoms with E-state index < -0.39 is 0 Å². The van der Waals surface area contributed by atoms with Gasteiger partial charge in [-0.2, -0.15) is 0 Å². The van der Waals surface area contributed by atoms with Crippen molar-refractivity contribution in [1.82, 2.24) is 15.2 Å². The number of nitrogens with zero attached hydrogens (tertiary/aromatic N) is 2. The van der Waals surface area contributed by atoms with Crippen molar-refractivity contribution in [3.63, 3.8) is 0 Å². The van der Waals surface area contributed by atoms with E-state index in [2.05, 4.69) is 10.3 Å². The van der Waals surface area contributed by atoms with Gasteiger partial charge in [0.15, 0.2) is 0 Å². The Morgan fingerprint density at radius 2 is 1.71 bits per heavy atom. The molecule has 0 saturated heterocycles. The third-order valence-electron chi connectivity index (χ3n) is 5.67. The second kappa shape index (κ2) is 7.54. The zero-order valence-electron chi connectivity index (χ0n) is 15.9. The lowest BCUT2D eigenvalue weighted by Gasteiger charge is -2.29. The Kier molecular flexibility index (Phi) is 4.94. The van der Waals surface area contributed by atoms with Crippen molar-refractivity contribution >= 4 is 17.7 Å². The van der Waals surface area contributed by atoms with E-state index in [1.54, 1.807) is 30.6 Å². The van der Waals surface area contributed by atoms with Gasteiger partial charge in [-0.05, 0) is 55.7 Å². The van der Waals surface area contributed by atoms with E-state index in [9.17, 15) is 14.4 Å². The number of carbonyl (C=O) groups is 3. The summed E-state index contributed by atoms with van der Waals surface area (Å²) in [7, 11) is 0. The van der Waals surface area contributed by atoms with Crippen molar-refractivity contribution in [1.29, 1.82) is 0 Å². The lowest BCUT2D eigenvalue weighted by atomic mass is 9.94. The zero-order valence-corrected chi connectivity index (χ0v) is 15.9. The normalized spacial score (nSPS) is 18.1. The van der Waals surface area contributed by atoms with Gasteiger partial charge in [0.05, 0.1) is 17.2 Å². The fourth-order valence-corrected chi connectivity index (χ4v) is 4.09. The Bertz CT molecular complexity index is 920. The van der Waals surface area contributed by atoms with Crippen LogP contribution in [0.3, 0.4) is 0 Å². The summed E-state index contributed by atoms with van der Waals surface area (Å²) in [6, 6.07) is 8.24. The number of aromatic nitrogens is 1. The number of nitrogens with one attached hydrogen (secondary N) is 1. The first-order valence-electron chi connectivity index (χ1n) is 9.79. The van der Waals surface area contributed by atoms with Crippen LogP contribution in [0.5, 0.6) is 0 Å². The molecule has 0 bridgehead atoms. The second-order valence-corrected chi connectivity index (χ2v) is 7.51. The van der Waals surface area contributed by atoms with Gasteiger partial charge in [-0.25, -0.2) is 0 Å². The molecule has 6 heteroatoms. The number of amides is 3. The van der Waals surface area contributed by atoms with Crippen molar-refractivity contribution < 1.29 is 14.4 Å². The standard InChI is InChI=1S/C22H23N3O3/c1-14(15-9-11-23-12-10-15)24-20(26)16-7-8-18-19(13-16)22(28)25(21(18)27)17-5-3-2-4-6-17/h7-14,17H,2-6H2,1H3,(H,24,26).